The predicted molar refractivity (Wildman–Crippen MR) is 93.5 cm³/mol. The molecule has 124 valence electrons. The first-order chi connectivity index (χ1) is 11.5. The van der Waals surface area contributed by atoms with Crippen LogP contribution in [0.5, 0.6) is 5.75 Å². The summed E-state index contributed by atoms with van der Waals surface area (Å²) in [6, 6.07) is 16.4. The van der Waals surface area contributed by atoms with Gasteiger partial charge in [0.15, 0.2) is 0 Å². The Morgan fingerprint density at radius 3 is 2.42 bits per heavy atom. The zero-order chi connectivity index (χ0) is 17.4. The van der Waals surface area contributed by atoms with Crippen molar-refractivity contribution in [1.82, 2.24) is 5.32 Å². The van der Waals surface area contributed by atoms with Gasteiger partial charge >= 0.3 is 0 Å². The molecule has 2 rings (SSSR count). The van der Waals surface area contributed by atoms with Gasteiger partial charge in [0.05, 0.1) is 12.2 Å². The summed E-state index contributed by atoms with van der Waals surface area (Å²) < 4.78 is 5.55. The van der Waals surface area contributed by atoms with Crippen molar-refractivity contribution in [3.8, 4) is 17.6 Å². The summed E-state index contributed by atoms with van der Waals surface area (Å²) in [7, 11) is 0. The van der Waals surface area contributed by atoms with Gasteiger partial charge < -0.3 is 15.2 Å². The zero-order valence-electron chi connectivity index (χ0n) is 13.8. The fourth-order valence-electron chi connectivity index (χ4n) is 2.04. The lowest BCUT2D eigenvalue weighted by atomic mass is 10.1. The van der Waals surface area contributed by atoms with E-state index in [1.807, 2.05) is 44.2 Å². The summed E-state index contributed by atoms with van der Waals surface area (Å²) in [5, 5.41) is 12.7. The van der Waals surface area contributed by atoms with Crippen LogP contribution in [0.2, 0.25) is 0 Å². The van der Waals surface area contributed by atoms with Crippen LogP contribution in [0.15, 0.2) is 54.6 Å². The van der Waals surface area contributed by atoms with Gasteiger partial charge in [0.2, 0.25) is 0 Å². The maximum Gasteiger partial charge on any atom is 0.296 e. The van der Waals surface area contributed by atoms with Crippen molar-refractivity contribution in [3.63, 3.8) is 0 Å². The van der Waals surface area contributed by atoms with Crippen molar-refractivity contribution in [2.24, 2.45) is 0 Å². The van der Waals surface area contributed by atoms with Crippen LogP contribution >= 0.6 is 0 Å². The lowest BCUT2D eigenvalue weighted by Gasteiger charge is -2.13. The molecule has 2 N–H and O–H groups in total. The van der Waals surface area contributed by atoms with E-state index in [2.05, 4.69) is 17.2 Å². The van der Waals surface area contributed by atoms with Crippen molar-refractivity contribution >= 4 is 5.91 Å². The van der Waals surface area contributed by atoms with Gasteiger partial charge in [0.25, 0.3) is 5.91 Å². The van der Waals surface area contributed by atoms with Crippen molar-refractivity contribution in [2.75, 3.05) is 6.54 Å². The Kier molecular flexibility index (Phi) is 6.41. The van der Waals surface area contributed by atoms with Crippen LogP contribution in [-0.2, 0) is 4.79 Å². The second-order valence-corrected chi connectivity index (χ2v) is 5.58. The number of amides is 1. The molecule has 0 radical (unpaired) electrons. The molecule has 0 aliphatic heterocycles. The molecule has 1 unspecified atom stereocenters. The lowest BCUT2D eigenvalue weighted by Crippen LogP contribution is -2.27. The van der Waals surface area contributed by atoms with Gasteiger partial charge in [-0.1, -0.05) is 36.3 Å². The largest absolute Gasteiger partial charge is 0.491 e. The summed E-state index contributed by atoms with van der Waals surface area (Å²) in [6.07, 6.45) is -0.691. The van der Waals surface area contributed by atoms with E-state index in [4.69, 9.17) is 4.74 Å². The van der Waals surface area contributed by atoms with Gasteiger partial charge in [-0.3, -0.25) is 4.79 Å². The highest BCUT2D eigenvalue weighted by Crippen LogP contribution is 2.18. The Morgan fingerprint density at radius 2 is 1.79 bits per heavy atom. The van der Waals surface area contributed by atoms with Gasteiger partial charge in [-0.2, -0.15) is 0 Å². The molecule has 0 fully saturated rings. The molecule has 0 aliphatic rings. The van der Waals surface area contributed by atoms with E-state index < -0.39 is 12.0 Å². The quantitative estimate of drug-likeness (QED) is 0.832. The molecule has 4 nitrogen and oxygen atoms in total. The molecule has 1 atom stereocenters. The number of nitrogens with one attached hydrogen (secondary N) is 1. The van der Waals surface area contributed by atoms with Gasteiger partial charge in [0, 0.05) is 18.0 Å². The number of rotatable bonds is 5. The van der Waals surface area contributed by atoms with Crippen molar-refractivity contribution < 1.29 is 14.6 Å². The monoisotopic (exact) mass is 323 g/mol. The molecular weight excluding hydrogens is 302 g/mol. The number of aliphatic hydroxyl groups is 1. The Hall–Kier alpha value is -2.77. The molecule has 4 heteroatoms. The summed E-state index contributed by atoms with van der Waals surface area (Å²) in [5.41, 5.74) is 1.48. The molecule has 1 amide bonds. The van der Waals surface area contributed by atoms with E-state index in [0.29, 0.717) is 5.56 Å². The van der Waals surface area contributed by atoms with Gasteiger partial charge in [-0.15, -0.1) is 0 Å². The Labute approximate surface area is 142 Å². The highest BCUT2D eigenvalue weighted by molar-refractivity contribution is 5.94. The molecule has 0 saturated heterocycles. The van der Waals surface area contributed by atoms with E-state index in [0.717, 1.165) is 11.3 Å². The smallest absolute Gasteiger partial charge is 0.296 e. The van der Waals surface area contributed by atoms with E-state index in [-0.39, 0.29) is 12.6 Å². The summed E-state index contributed by atoms with van der Waals surface area (Å²) in [5.74, 6) is 5.61. The van der Waals surface area contributed by atoms with Crippen molar-refractivity contribution in [2.45, 2.75) is 26.1 Å². The first-order valence-corrected chi connectivity index (χ1v) is 7.84. The first kappa shape index (κ1) is 17.6. The number of carbonyl (C=O) groups excluding carboxylic acids is 1. The van der Waals surface area contributed by atoms with Crippen LogP contribution in [0.3, 0.4) is 0 Å². The molecule has 24 heavy (non-hydrogen) atoms. The number of hydrogen-bond acceptors (Lipinski definition) is 3. The summed E-state index contributed by atoms with van der Waals surface area (Å²) in [4.78, 5) is 11.7. The maximum atomic E-state index is 11.7. The molecule has 0 aromatic heterocycles. The number of benzene rings is 2. The molecule has 2 aromatic carbocycles. The average molecular weight is 323 g/mol. The molecule has 2 aromatic rings. The second kappa shape index (κ2) is 8.76. The molecule has 0 saturated carbocycles. The van der Waals surface area contributed by atoms with E-state index in [1.165, 1.54) is 0 Å². The third-order valence-corrected chi connectivity index (χ3v) is 3.19. The summed E-state index contributed by atoms with van der Waals surface area (Å²) >= 11 is 0. The highest BCUT2D eigenvalue weighted by Gasteiger charge is 2.09. The molecule has 0 heterocycles. The first-order valence-electron chi connectivity index (χ1n) is 7.84. The predicted octanol–water partition coefficient (Wildman–Crippen LogP) is 2.68. The number of hydrogen-bond donors (Lipinski definition) is 2. The minimum Gasteiger partial charge on any atom is -0.491 e. The fraction of sp³-hybridized carbons (Fsp3) is 0.250. The highest BCUT2D eigenvalue weighted by atomic mass is 16.5. The van der Waals surface area contributed by atoms with Crippen LogP contribution < -0.4 is 10.1 Å². The van der Waals surface area contributed by atoms with Crippen LogP contribution in [-0.4, -0.2) is 23.7 Å². The number of aliphatic hydroxyl groups excluding tert-OH is 1. The fourth-order valence-corrected chi connectivity index (χ4v) is 2.04. The van der Waals surface area contributed by atoms with Crippen LogP contribution in [0.4, 0.5) is 0 Å². The molecule has 0 bridgehead atoms. The number of carbonyl (C=O) groups is 1. The van der Waals surface area contributed by atoms with E-state index >= 15 is 0 Å². The minimum atomic E-state index is -0.791. The van der Waals surface area contributed by atoms with Crippen molar-refractivity contribution in [3.05, 3.63) is 65.7 Å². The van der Waals surface area contributed by atoms with E-state index in [9.17, 15) is 9.90 Å². The third-order valence-electron chi connectivity index (χ3n) is 3.19. The molecule has 0 spiro atoms. The van der Waals surface area contributed by atoms with Crippen LogP contribution in [0.1, 0.15) is 31.1 Å². The second-order valence-electron chi connectivity index (χ2n) is 5.58. The van der Waals surface area contributed by atoms with Gasteiger partial charge in [-0.05, 0) is 43.7 Å². The average Bonchev–Trinajstić information content (AvgIpc) is 2.59. The SMILES string of the molecule is CC(C)Oc1ccc(C(O)CNC(=O)C#Cc2ccccc2)cc1. The lowest BCUT2D eigenvalue weighted by molar-refractivity contribution is -0.116. The molecule has 0 aliphatic carbocycles. The van der Waals surface area contributed by atoms with Crippen LogP contribution in [0, 0.1) is 11.8 Å². The standard InChI is InChI=1S/C20H21NO3/c1-15(2)24-18-11-9-17(10-12-18)19(22)14-21-20(23)13-8-16-6-4-3-5-7-16/h3-7,9-12,15,19,22H,14H2,1-2H3,(H,21,23). The molecular formula is C20H21NO3. The Morgan fingerprint density at radius 1 is 1.12 bits per heavy atom. The minimum absolute atomic E-state index is 0.100. The van der Waals surface area contributed by atoms with E-state index in [1.54, 1.807) is 24.3 Å². The Bertz CT molecular complexity index is 712. The van der Waals surface area contributed by atoms with Crippen LogP contribution in [0.25, 0.3) is 0 Å². The van der Waals surface area contributed by atoms with Gasteiger partial charge in [0.1, 0.15) is 5.75 Å². The topological polar surface area (TPSA) is 58.6 Å². The zero-order valence-corrected chi connectivity index (χ0v) is 13.8. The third kappa shape index (κ3) is 5.79. The Balaban J connectivity index is 1.85. The summed E-state index contributed by atoms with van der Waals surface area (Å²) in [6.45, 7) is 4.01. The van der Waals surface area contributed by atoms with Crippen molar-refractivity contribution in [1.29, 1.82) is 0 Å². The number of ether oxygens (including phenoxy) is 1. The van der Waals surface area contributed by atoms with Gasteiger partial charge in [-0.25, -0.2) is 0 Å². The maximum absolute atomic E-state index is 11.7. The normalized spacial score (nSPS) is 11.3.